The molecule has 35 heavy (non-hydrogen) atoms. The zero-order valence-electron chi connectivity index (χ0n) is 20.7. The zero-order chi connectivity index (χ0) is 25.5. The molecule has 1 aromatic heterocycles. The molecule has 0 atom stereocenters. The van der Waals surface area contributed by atoms with E-state index < -0.39 is 0 Å². The van der Waals surface area contributed by atoms with Crippen molar-refractivity contribution in [2.24, 2.45) is 21.1 Å². The number of carbonyl (C=O) groups is 1. The fraction of sp³-hybridized carbons (Fsp3) is 0.276. The van der Waals surface area contributed by atoms with Crippen LogP contribution in [-0.4, -0.2) is 5.78 Å². The summed E-state index contributed by atoms with van der Waals surface area (Å²) in [5, 5.41) is 11.9. The highest BCUT2D eigenvalue weighted by molar-refractivity contribution is 7.19. The topological polar surface area (TPSA) is 41.8 Å². The molecule has 0 radical (unpaired) electrons. The van der Waals surface area contributed by atoms with Gasteiger partial charge in [-0.05, 0) is 47.2 Å². The molecule has 0 aliphatic heterocycles. The molecule has 4 rings (SSSR count). The molecule has 1 heterocycles. The number of rotatable bonds is 3. The molecular weight excluding hydrogens is 495 g/mol. The Kier molecular flexibility index (Phi) is 6.93. The normalized spacial score (nSPS) is 15.1. The third-order valence-electron chi connectivity index (χ3n) is 5.86. The van der Waals surface area contributed by atoms with E-state index in [1.165, 1.54) is 11.3 Å². The van der Waals surface area contributed by atoms with Crippen molar-refractivity contribution >= 4 is 62.5 Å². The third kappa shape index (κ3) is 5.35. The number of fused-ring (bicyclic) bond motifs is 1. The second kappa shape index (κ2) is 9.50. The van der Waals surface area contributed by atoms with Crippen LogP contribution in [0.4, 0.5) is 5.69 Å². The van der Waals surface area contributed by atoms with Crippen LogP contribution in [0, 0.1) is 10.8 Å². The zero-order valence-corrected chi connectivity index (χ0v) is 23.1. The first-order valence-electron chi connectivity index (χ1n) is 11.4. The van der Waals surface area contributed by atoms with Crippen molar-refractivity contribution in [3.05, 3.63) is 91.6 Å². The third-order valence-corrected chi connectivity index (χ3v) is 7.56. The van der Waals surface area contributed by atoms with Crippen LogP contribution in [0.1, 0.15) is 46.4 Å². The molecule has 0 spiro atoms. The van der Waals surface area contributed by atoms with Crippen LogP contribution in [0.3, 0.4) is 0 Å². The molecule has 0 fully saturated rings. The number of azo groups is 1. The van der Waals surface area contributed by atoms with Crippen LogP contribution in [0.5, 0.6) is 0 Å². The SMILES string of the molecule is CC(C)(C)C1=CC(=C(N=Nc2ccc(Cl)cc2)c2sc(Cl)c3ccccc23)C=C(C(C)(C)C)C1=O. The molecule has 180 valence electrons. The van der Waals surface area contributed by atoms with Crippen molar-refractivity contribution in [3.63, 3.8) is 0 Å². The predicted molar refractivity (Wildman–Crippen MR) is 150 cm³/mol. The predicted octanol–water partition coefficient (Wildman–Crippen LogP) is 10.2. The van der Waals surface area contributed by atoms with E-state index in [4.69, 9.17) is 28.3 Å². The lowest BCUT2D eigenvalue weighted by atomic mass is 9.71. The van der Waals surface area contributed by atoms with Crippen molar-refractivity contribution in [3.8, 4) is 0 Å². The summed E-state index contributed by atoms with van der Waals surface area (Å²) in [6, 6.07) is 15.2. The van der Waals surface area contributed by atoms with Gasteiger partial charge in [-0.1, -0.05) is 89.0 Å². The molecular formula is C29H28Cl2N2OS. The maximum absolute atomic E-state index is 13.5. The molecule has 3 nitrogen and oxygen atoms in total. The van der Waals surface area contributed by atoms with Gasteiger partial charge >= 0.3 is 0 Å². The van der Waals surface area contributed by atoms with Gasteiger partial charge in [0.1, 0.15) is 10.0 Å². The quantitative estimate of drug-likeness (QED) is 0.315. The van der Waals surface area contributed by atoms with E-state index in [1.807, 2.05) is 48.6 Å². The minimum atomic E-state index is -0.333. The number of nitrogens with zero attached hydrogens (tertiary/aromatic N) is 2. The number of Topliss-reactive ketones (excluding diaryl/α,β-unsaturated/α-hetero) is 1. The number of hydrogen-bond acceptors (Lipinski definition) is 4. The van der Waals surface area contributed by atoms with E-state index in [0.717, 1.165) is 32.4 Å². The minimum absolute atomic E-state index is 0.0804. The first-order valence-corrected chi connectivity index (χ1v) is 13.0. The lowest BCUT2D eigenvalue weighted by Gasteiger charge is -2.31. The first-order chi connectivity index (χ1) is 16.4. The smallest absolute Gasteiger partial charge is 0.186 e. The monoisotopic (exact) mass is 522 g/mol. The number of ketones is 1. The Hall–Kier alpha value is -2.53. The fourth-order valence-corrected chi connectivity index (χ4v) is 5.49. The maximum atomic E-state index is 13.5. The summed E-state index contributed by atoms with van der Waals surface area (Å²) in [6.45, 7) is 12.4. The van der Waals surface area contributed by atoms with Crippen LogP contribution < -0.4 is 0 Å². The van der Waals surface area contributed by atoms with Crippen LogP contribution >= 0.6 is 34.5 Å². The Bertz CT molecular complexity index is 1390. The molecule has 2 aromatic carbocycles. The summed E-state index contributed by atoms with van der Waals surface area (Å²) < 4.78 is 0.697. The number of allylic oxidation sites excluding steroid dienone is 5. The molecule has 0 N–H and O–H groups in total. The highest BCUT2D eigenvalue weighted by Crippen LogP contribution is 2.45. The van der Waals surface area contributed by atoms with Gasteiger partial charge in [0, 0.05) is 32.5 Å². The van der Waals surface area contributed by atoms with Crippen LogP contribution in [0.25, 0.3) is 16.5 Å². The summed E-state index contributed by atoms with van der Waals surface area (Å²) in [4.78, 5) is 14.4. The van der Waals surface area contributed by atoms with Gasteiger partial charge in [0.2, 0.25) is 0 Å². The van der Waals surface area contributed by atoms with Crippen molar-refractivity contribution < 1.29 is 4.79 Å². The van der Waals surface area contributed by atoms with Gasteiger partial charge in [0.05, 0.1) is 10.6 Å². The lowest BCUT2D eigenvalue weighted by molar-refractivity contribution is -0.114. The molecule has 6 heteroatoms. The number of hydrogen-bond donors (Lipinski definition) is 0. The number of halogens is 2. The van der Waals surface area contributed by atoms with Gasteiger partial charge in [-0.25, -0.2) is 0 Å². The highest BCUT2D eigenvalue weighted by Gasteiger charge is 2.35. The second-order valence-electron chi connectivity index (χ2n) is 10.7. The van der Waals surface area contributed by atoms with Gasteiger partial charge in [0.15, 0.2) is 5.78 Å². The average molecular weight is 524 g/mol. The Morgan fingerprint density at radius 2 is 1.34 bits per heavy atom. The fourth-order valence-electron chi connectivity index (χ4n) is 3.96. The van der Waals surface area contributed by atoms with Gasteiger partial charge < -0.3 is 0 Å². The largest absolute Gasteiger partial charge is 0.289 e. The molecule has 0 bridgehead atoms. The minimum Gasteiger partial charge on any atom is -0.289 e. The first kappa shape index (κ1) is 25.6. The summed E-state index contributed by atoms with van der Waals surface area (Å²) in [5.41, 5.74) is 3.06. The van der Waals surface area contributed by atoms with Crippen LogP contribution in [0.2, 0.25) is 9.36 Å². The van der Waals surface area contributed by atoms with Crippen LogP contribution in [-0.2, 0) is 4.79 Å². The average Bonchev–Trinajstić information content (AvgIpc) is 3.11. The van der Waals surface area contributed by atoms with E-state index in [-0.39, 0.29) is 16.6 Å². The molecule has 0 saturated heterocycles. The van der Waals surface area contributed by atoms with Crippen LogP contribution in [0.15, 0.2) is 87.6 Å². The van der Waals surface area contributed by atoms with E-state index in [9.17, 15) is 4.79 Å². The molecule has 0 saturated carbocycles. The van der Waals surface area contributed by atoms with Gasteiger partial charge in [-0.2, -0.15) is 5.11 Å². The Labute approximate surface area is 220 Å². The van der Waals surface area contributed by atoms with Gasteiger partial charge in [0.25, 0.3) is 0 Å². The summed E-state index contributed by atoms with van der Waals surface area (Å²) in [5.74, 6) is 0.0804. The van der Waals surface area contributed by atoms with E-state index >= 15 is 0 Å². The van der Waals surface area contributed by atoms with Crippen molar-refractivity contribution in [2.45, 2.75) is 41.5 Å². The number of benzene rings is 2. The molecule has 3 aromatic rings. The summed E-state index contributed by atoms with van der Waals surface area (Å²) >= 11 is 14.2. The van der Waals surface area contributed by atoms with Gasteiger partial charge in [-0.3, -0.25) is 4.79 Å². The maximum Gasteiger partial charge on any atom is 0.186 e. The number of thiophene rings is 1. The molecule has 1 aliphatic rings. The Balaban J connectivity index is 2.04. The summed E-state index contributed by atoms with van der Waals surface area (Å²) in [6.07, 6.45) is 3.94. The molecule has 0 amide bonds. The van der Waals surface area contributed by atoms with E-state index in [0.29, 0.717) is 20.7 Å². The highest BCUT2D eigenvalue weighted by atomic mass is 35.5. The van der Waals surface area contributed by atoms with Gasteiger partial charge in [-0.15, -0.1) is 16.5 Å². The molecule has 0 unspecified atom stereocenters. The Morgan fingerprint density at radius 3 is 1.89 bits per heavy atom. The second-order valence-corrected chi connectivity index (χ2v) is 12.7. The lowest BCUT2D eigenvalue weighted by Crippen LogP contribution is -2.28. The van der Waals surface area contributed by atoms with E-state index in [2.05, 4.69) is 46.7 Å². The van der Waals surface area contributed by atoms with Crippen molar-refractivity contribution in [1.82, 2.24) is 0 Å². The van der Waals surface area contributed by atoms with E-state index in [1.54, 1.807) is 12.1 Å². The van der Waals surface area contributed by atoms with Crippen molar-refractivity contribution in [2.75, 3.05) is 0 Å². The number of carbonyl (C=O) groups excluding carboxylic acids is 1. The summed E-state index contributed by atoms with van der Waals surface area (Å²) in [7, 11) is 0. The molecule has 1 aliphatic carbocycles. The standard InChI is InChI=1S/C29H28Cl2N2OS/c1-28(2,3)22-15-17(16-23(25(22)34)29(4,5)6)24(33-32-19-13-11-18(30)12-14-19)26-20-9-7-8-10-21(20)27(31)35-26/h7-16H,1-6H3. The Morgan fingerprint density at radius 1 is 0.800 bits per heavy atom. The van der Waals surface area contributed by atoms with Crippen molar-refractivity contribution in [1.29, 1.82) is 0 Å².